The van der Waals surface area contributed by atoms with E-state index in [1.807, 2.05) is 4.72 Å². The van der Waals surface area contributed by atoms with E-state index in [-0.39, 0.29) is 24.0 Å². The Morgan fingerprint density at radius 1 is 1.19 bits per heavy atom. The Morgan fingerprint density at radius 2 is 1.85 bits per heavy atom. The molecular weight excluding hydrogens is 386 g/mol. The number of ether oxygens (including phenoxy) is 2. The molecule has 0 aliphatic carbocycles. The quantitative estimate of drug-likeness (QED) is 0.546. The van der Waals surface area contributed by atoms with Crippen molar-refractivity contribution < 1.29 is 27.5 Å². The van der Waals surface area contributed by atoms with Crippen molar-refractivity contribution in [3.8, 4) is 5.75 Å². The van der Waals surface area contributed by atoms with Crippen LogP contribution in [0.2, 0.25) is 0 Å². The number of nitrogens with zero attached hydrogens (tertiary/aromatic N) is 2. The fourth-order valence-electron chi connectivity index (χ4n) is 1.87. The zero-order valence-electron chi connectivity index (χ0n) is 13.5. The zero-order valence-corrected chi connectivity index (χ0v) is 15.1. The van der Waals surface area contributed by atoms with Crippen LogP contribution < -0.4 is 9.46 Å². The third kappa shape index (κ3) is 4.67. The molecule has 1 amide bonds. The average Bonchev–Trinajstić information content (AvgIpc) is 2.62. The Kier molecular flexibility index (Phi) is 6.47. The highest BCUT2D eigenvalue weighted by atomic mass is 35.5. The molecule has 1 N–H and O–H groups in total. The maximum Gasteiger partial charge on any atom is 0.339 e. The number of benzene rings is 1. The number of nitrogens with one attached hydrogen (secondary N) is 1. The zero-order chi connectivity index (χ0) is 19.2. The lowest BCUT2D eigenvalue weighted by Gasteiger charge is -2.10. The summed E-state index contributed by atoms with van der Waals surface area (Å²) in [6, 6.07) is 5.22. The molecule has 2 rings (SSSR count). The second-order valence-electron chi connectivity index (χ2n) is 4.65. The minimum atomic E-state index is -4.35. The molecule has 0 spiro atoms. The maximum atomic E-state index is 12.5. The number of aromatic nitrogens is 2. The van der Waals surface area contributed by atoms with Gasteiger partial charge in [0.25, 0.3) is 10.0 Å². The van der Waals surface area contributed by atoms with Crippen molar-refractivity contribution in [2.75, 3.05) is 12.7 Å². The fourth-order valence-corrected chi connectivity index (χ4v) is 3.14. The second-order valence-corrected chi connectivity index (χ2v) is 6.52. The van der Waals surface area contributed by atoms with Gasteiger partial charge >= 0.3 is 11.9 Å². The van der Waals surface area contributed by atoms with E-state index in [0.717, 1.165) is 0 Å². The Labute approximate surface area is 154 Å². The van der Waals surface area contributed by atoms with Crippen LogP contribution in [0.1, 0.15) is 27.9 Å². The number of esters is 1. The van der Waals surface area contributed by atoms with Crippen molar-refractivity contribution in [1.82, 2.24) is 14.7 Å². The van der Waals surface area contributed by atoms with Crippen LogP contribution in [0.25, 0.3) is 0 Å². The summed E-state index contributed by atoms with van der Waals surface area (Å²) < 4.78 is 36.5. The molecule has 0 saturated heterocycles. The molecule has 1 heterocycles. The molecule has 0 aliphatic rings. The van der Waals surface area contributed by atoms with E-state index < -0.39 is 32.6 Å². The van der Waals surface area contributed by atoms with Gasteiger partial charge in [-0.25, -0.2) is 27.9 Å². The summed E-state index contributed by atoms with van der Waals surface area (Å²) in [7, 11) is -4.35. The Balaban J connectivity index is 2.26. The molecule has 0 aliphatic heterocycles. The van der Waals surface area contributed by atoms with Crippen molar-refractivity contribution in [3.63, 3.8) is 0 Å². The maximum absolute atomic E-state index is 12.5. The van der Waals surface area contributed by atoms with Crippen LogP contribution in [0, 0.1) is 0 Å². The molecule has 0 unspecified atom stereocenters. The molecule has 0 atom stereocenters. The predicted octanol–water partition coefficient (Wildman–Crippen LogP) is 1.35. The first-order chi connectivity index (χ1) is 12.4. The van der Waals surface area contributed by atoms with E-state index in [4.69, 9.17) is 21.1 Å². The second kappa shape index (κ2) is 8.59. The van der Waals surface area contributed by atoms with Crippen molar-refractivity contribution in [1.29, 1.82) is 0 Å². The first-order valence-electron chi connectivity index (χ1n) is 7.23. The normalized spacial score (nSPS) is 10.8. The molecule has 2 aromatic rings. The van der Waals surface area contributed by atoms with Crippen LogP contribution >= 0.6 is 11.6 Å². The average molecular weight is 400 g/mol. The number of hydrogen-bond donors (Lipinski definition) is 1. The van der Waals surface area contributed by atoms with Crippen LogP contribution in [0.3, 0.4) is 0 Å². The lowest BCUT2D eigenvalue weighted by molar-refractivity contribution is 0.0521. The molecule has 0 saturated carbocycles. The van der Waals surface area contributed by atoms with Crippen molar-refractivity contribution in [2.24, 2.45) is 0 Å². The molecule has 26 heavy (non-hydrogen) atoms. The molecule has 138 valence electrons. The van der Waals surface area contributed by atoms with Gasteiger partial charge in [-0.2, -0.15) is 0 Å². The summed E-state index contributed by atoms with van der Waals surface area (Å²) in [6.45, 7) is 1.66. The minimum Gasteiger partial charge on any atom is -0.475 e. The van der Waals surface area contributed by atoms with Gasteiger partial charge in [-0.3, -0.25) is 4.79 Å². The van der Waals surface area contributed by atoms with Gasteiger partial charge in [0, 0.05) is 0 Å². The third-order valence-corrected chi connectivity index (χ3v) is 4.45. The van der Waals surface area contributed by atoms with Gasteiger partial charge in [0.1, 0.15) is 4.90 Å². The summed E-state index contributed by atoms with van der Waals surface area (Å²) in [5.74, 6) is -2.07. The van der Waals surface area contributed by atoms with Crippen LogP contribution in [0.4, 0.5) is 0 Å². The predicted molar refractivity (Wildman–Crippen MR) is 90.4 cm³/mol. The monoisotopic (exact) mass is 399 g/mol. The van der Waals surface area contributed by atoms with E-state index in [1.54, 1.807) is 6.92 Å². The molecule has 0 bridgehead atoms. The number of sulfonamides is 1. The number of carbonyl (C=O) groups excluding carboxylic acids is 2. The van der Waals surface area contributed by atoms with Crippen LogP contribution in [0.5, 0.6) is 5.75 Å². The molecule has 0 radical (unpaired) electrons. The van der Waals surface area contributed by atoms with Gasteiger partial charge in [-0.1, -0.05) is 23.7 Å². The van der Waals surface area contributed by atoms with Gasteiger partial charge in [0.05, 0.1) is 24.6 Å². The standard InChI is InChI=1S/C15H14ClN3O6S/c1-2-24-15(21)11-5-3-4-6-12(11)26(22,23)19-14(20)13-17-7-10(8-18-13)25-9-16/h3-8H,2,9H2,1H3,(H,19,20). The lowest BCUT2D eigenvalue weighted by atomic mass is 10.2. The molecule has 11 heteroatoms. The lowest BCUT2D eigenvalue weighted by Crippen LogP contribution is -2.33. The van der Waals surface area contributed by atoms with Crippen LogP contribution in [-0.2, 0) is 14.8 Å². The van der Waals surface area contributed by atoms with E-state index in [0.29, 0.717) is 0 Å². The molecule has 1 aromatic heterocycles. The highest BCUT2D eigenvalue weighted by Gasteiger charge is 2.26. The first-order valence-corrected chi connectivity index (χ1v) is 9.25. The highest BCUT2D eigenvalue weighted by Crippen LogP contribution is 2.17. The number of alkyl halides is 1. The van der Waals surface area contributed by atoms with E-state index in [1.165, 1.54) is 36.7 Å². The topological polar surface area (TPSA) is 125 Å². The summed E-state index contributed by atoms with van der Waals surface area (Å²) >= 11 is 5.38. The number of rotatable bonds is 7. The van der Waals surface area contributed by atoms with Crippen LogP contribution in [-0.4, -0.2) is 42.9 Å². The summed E-state index contributed by atoms with van der Waals surface area (Å²) in [5, 5.41) is 0. The summed E-state index contributed by atoms with van der Waals surface area (Å²) in [4.78, 5) is 31.0. The van der Waals surface area contributed by atoms with Gasteiger partial charge in [-0.15, -0.1) is 0 Å². The fraction of sp³-hybridized carbons (Fsp3) is 0.200. The van der Waals surface area contributed by atoms with Gasteiger partial charge < -0.3 is 9.47 Å². The highest BCUT2D eigenvalue weighted by molar-refractivity contribution is 7.90. The molecule has 1 aromatic carbocycles. The Bertz CT molecular complexity index is 902. The first kappa shape index (κ1) is 19.6. The number of carbonyl (C=O) groups is 2. The van der Waals surface area contributed by atoms with Gasteiger partial charge in [-0.05, 0) is 19.1 Å². The van der Waals surface area contributed by atoms with Crippen molar-refractivity contribution >= 4 is 33.5 Å². The minimum absolute atomic E-state index is 0.0735. The van der Waals surface area contributed by atoms with Crippen LogP contribution in [0.15, 0.2) is 41.6 Å². The molecule has 0 fully saturated rings. The smallest absolute Gasteiger partial charge is 0.339 e. The number of amides is 1. The number of hydrogen-bond acceptors (Lipinski definition) is 8. The van der Waals surface area contributed by atoms with Gasteiger partial charge in [0.15, 0.2) is 11.8 Å². The van der Waals surface area contributed by atoms with E-state index >= 15 is 0 Å². The van der Waals surface area contributed by atoms with Crippen molar-refractivity contribution in [2.45, 2.75) is 11.8 Å². The van der Waals surface area contributed by atoms with E-state index in [2.05, 4.69) is 9.97 Å². The molecule has 9 nitrogen and oxygen atoms in total. The Morgan fingerprint density at radius 3 is 2.46 bits per heavy atom. The SMILES string of the molecule is CCOC(=O)c1ccccc1S(=O)(=O)NC(=O)c1ncc(OCCl)cn1. The van der Waals surface area contributed by atoms with Gasteiger partial charge in [0.2, 0.25) is 5.82 Å². The Hall–Kier alpha value is -2.72. The number of halogens is 1. The summed E-state index contributed by atoms with van der Waals surface area (Å²) in [6.07, 6.45) is 2.34. The molecular formula is C15H14ClN3O6S. The van der Waals surface area contributed by atoms with Crippen molar-refractivity contribution in [3.05, 3.63) is 48.0 Å². The largest absolute Gasteiger partial charge is 0.475 e. The third-order valence-electron chi connectivity index (χ3n) is 2.95. The van der Waals surface area contributed by atoms with E-state index in [9.17, 15) is 18.0 Å². The summed E-state index contributed by atoms with van der Waals surface area (Å²) in [5.41, 5.74) is -0.193.